The van der Waals surface area contributed by atoms with Gasteiger partial charge in [-0.05, 0) is 44.4 Å². The van der Waals surface area contributed by atoms with Crippen LogP contribution in [0, 0.1) is 5.92 Å². The minimum absolute atomic E-state index is 0.369. The van der Waals surface area contributed by atoms with Crippen molar-refractivity contribution in [2.45, 2.75) is 103 Å². The summed E-state index contributed by atoms with van der Waals surface area (Å²) in [4.78, 5) is 2.93. The normalized spacial score (nSPS) is 29.4. The van der Waals surface area contributed by atoms with Crippen LogP contribution in [0.25, 0.3) is 0 Å². The van der Waals surface area contributed by atoms with E-state index in [9.17, 15) is 0 Å². The molecule has 124 valence electrons. The first kappa shape index (κ1) is 17.3. The second kappa shape index (κ2) is 7.97. The molecule has 21 heavy (non-hydrogen) atoms. The highest BCUT2D eigenvalue weighted by Gasteiger charge is 2.40. The Balaban J connectivity index is 2.13. The van der Waals surface area contributed by atoms with E-state index in [4.69, 9.17) is 0 Å². The van der Waals surface area contributed by atoms with E-state index in [-0.39, 0.29) is 0 Å². The molecule has 0 amide bonds. The van der Waals surface area contributed by atoms with Crippen LogP contribution in [0.3, 0.4) is 0 Å². The van der Waals surface area contributed by atoms with Gasteiger partial charge in [0, 0.05) is 30.7 Å². The van der Waals surface area contributed by atoms with Gasteiger partial charge in [0.25, 0.3) is 0 Å². The third-order valence-corrected chi connectivity index (χ3v) is 6.53. The van der Waals surface area contributed by atoms with Crippen molar-refractivity contribution in [3.05, 3.63) is 0 Å². The van der Waals surface area contributed by atoms with E-state index >= 15 is 0 Å². The molecule has 0 aromatic heterocycles. The van der Waals surface area contributed by atoms with Crippen LogP contribution in [0.2, 0.25) is 0 Å². The van der Waals surface area contributed by atoms with Gasteiger partial charge in [-0.15, -0.1) is 0 Å². The van der Waals surface area contributed by atoms with Crippen molar-refractivity contribution >= 4 is 0 Å². The van der Waals surface area contributed by atoms with Gasteiger partial charge in [0.1, 0.15) is 0 Å². The number of hydrogen-bond donors (Lipinski definition) is 1. The van der Waals surface area contributed by atoms with Gasteiger partial charge in [-0.3, -0.25) is 4.90 Å². The topological polar surface area (TPSA) is 15.3 Å². The van der Waals surface area contributed by atoms with Gasteiger partial charge in [0.15, 0.2) is 0 Å². The second-order valence-electron chi connectivity index (χ2n) is 7.48. The fourth-order valence-electron chi connectivity index (χ4n) is 4.83. The van der Waals surface area contributed by atoms with Gasteiger partial charge in [-0.1, -0.05) is 47.0 Å². The summed E-state index contributed by atoms with van der Waals surface area (Å²) in [6.45, 7) is 12.0. The number of rotatable bonds is 6. The molecule has 1 aliphatic carbocycles. The first-order valence-electron chi connectivity index (χ1n) is 9.70. The van der Waals surface area contributed by atoms with Crippen molar-refractivity contribution in [3.8, 4) is 0 Å². The summed E-state index contributed by atoms with van der Waals surface area (Å²) >= 11 is 0. The van der Waals surface area contributed by atoms with Crippen LogP contribution in [-0.4, -0.2) is 35.6 Å². The summed E-state index contributed by atoms with van der Waals surface area (Å²) < 4.78 is 0. The average molecular weight is 295 g/mol. The number of piperazine rings is 1. The van der Waals surface area contributed by atoms with Crippen LogP contribution in [0.15, 0.2) is 0 Å². The molecule has 0 aromatic rings. The zero-order valence-corrected chi connectivity index (χ0v) is 15.0. The molecule has 2 nitrogen and oxygen atoms in total. The van der Waals surface area contributed by atoms with Gasteiger partial charge in [-0.2, -0.15) is 0 Å². The zero-order chi connectivity index (χ0) is 15.3. The Morgan fingerprint density at radius 1 is 1.05 bits per heavy atom. The second-order valence-corrected chi connectivity index (χ2v) is 7.48. The molecule has 0 aromatic carbocycles. The summed E-state index contributed by atoms with van der Waals surface area (Å²) in [6.07, 6.45) is 12.5. The van der Waals surface area contributed by atoms with Crippen LogP contribution in [0.4, 0.5) is 0 Å². The van der Waals surface area contributed by atoms with Crippen molar-refractivity contribution in [3.63, 3.8) is 0 Å². The maximum absolute atomic E-state index is 3.90. The van der Waals surface area contributed by atoms with Crippen LogP contribution in [0.5, 0.6) is 0 Å². The summed E-state index contributed by atoms with van der Waals surface area (Å²) in [7, 11) is 0. The smallest absolute Gasteiger partial charge is 0.0304 e. The molecule has 0 bridgehead atoms. The quantitative estimate of drug-likeness (QED) is 0.771. The van der Waals surface area contributed by atoms with Crippen LogP contribution < -0.4 is 5.32 Å². The third kappa shape index (κ3) is 3.82. The molecular formula is C19H38N2. The lowest BCUT2D eigenvalue weighted by Crippen LogP contribution is -2.66. The fourth-order valence-corrected chi connectivity index (χ4v) is 4.83. The molecule has 2 unspecified atom stereocenters. The molecule has 2 atom stereocenters. The summed E-state index contributed by atoms with van der Waals surface area (Å²) in [5, 5.41) is 3.90. The Morgan fingerprint density at radius 2 is 1.71 bits per heavy atom. The van der Waals surface area contributed by atoms with Crippen molar-refractivity contribution in [2.75, 3.05) is 13.1 Å². The molecule has 0 radical (unpaired) electrons. The molecule has 1 N–H and O–H groups in total. The molecule has 2 aliphatic rings. The highest BCUT2D eigenvalue weighted by molar-refractivity contribution is 4.99. The predicted molar refractivity (Wildman–Crippen MR) is 92.8 cm³/mol. The SMILES string of the molecule is CCC1CNC(CC)(CC)CN1C(CC)C1CCCCC1. The Morgan fingerprint density at radius 3 is 2.24 bits per heavy atom. The lowest BCUT2D eigenvalue weighted by Gasteiger charge is -2.52. The van der Waals surface area contributed by atoms with Crippen molar-refractivity contribution in [2.24, 2.45) is 5.92 Å². The number of nitrogens with one attached hydrogen (secondary N) is 1. The highest BCUT2D eigenvalue weighted by atomic mass is 15.3. The van der Waals surface area contributed by atoms with Crippen molar-refractivity contribution in [1.82, 2.24) is 10.2 Å². The van der Waals surface area contributed by atoms with E-state index in [0.29, 0.717) is 5.54 Å². The van der Waals surface area contributed by atoms with Gasteiger partial charge < -0.3 is 5.32 Å². The van der Waals surface area contributed by atoms with Crippen LogP contribution in [0.1, 0.15) is 85.5 Å². The first-order chi connectivity index (χ1) is 10.2. The molecule has 0 spiro atoms. The number of hydrogen-bond acceptors (Lipinski definition) is 2. The third-order valence-electron chi connectivity index (χ3n) is 6.53. The lowest BCUT2D eigenvalue weighted by atomic mass is 9.79. The van der Waals surface area contributed by atoms with Gasteiger partial charge in [0.2, 0.25) is 0 Å². The molecule has 1 heterocycles. The predicted octanol–water partition coefficient (Wildman–Crippen LogP) is 4.59. The van der Waals surface area contributed by atoms with E-state index in [2.05, 4.69) is 37.9 Å². The van der Waals surface area contributed by atoms with E-state index in [1.54, 1.807) is 0 Å². The summed E-state index contributed by atoms with van der Waals surface area (Å²) in [5.41, 5.74) is 0.369. The Hall–Kier alpha value is -0.0800. The van der Waals surface area contributed by atoms with E-state index in [1.165, 1.54) is 70.9 Å². The van der Waals surface area contributed by atoms with Gasteiger partial charge >= 0.3 is 0 Å². The zero-order valence-electron chi connectivity index (χ0n) is 15.0. The van der Waals surface area contributed by atoms with E-state index < -0.39 is 0 Å². The largest absolute Gasteiger partial charge is 0.308 e. The number of nitrogens with zero attached hydrogens (tertiary/aromatic N) is 1. The molecule has 2 fully saturated rings. The van der Waals surface area contributed by atoms with Crippen LogP contribution in [-0.2, 0) is 0 Å². The molecule has 2 rings (SSSR count). The molecule has 1 saturated carbocycles. The first-order valence-corrected chi connectivity index (χ1v) is 9.70. The van der Waals surface area contributed by atoms with E-state index in [1.807, 2.05) is 0 Å². The molecule has 1 saturated heterocycles. The van der Waals surface area contributed by atoms with E-state index in [0.717, 1.165) is 18.0 Å². The van der Waals surface area contributed by atoms with Crippen molar-refractivity contribution in [1.29, 1.82) is 0 Å². The standard InChI is InChI=1S/C19H38N2/c1-5-17-14-20-19(7-3,8-4)15-21(17)18(6-2)16-12-10-9-11-13-16/h16-18,20H,5-15H2,1-4H3. The van der Waals surface area contributed by atoms with Gasteiger partial charge in [0.05, 0.1) is 0 Å². The maximum Gasteiger partial charge on any atom is 0.0304 e. The monoisotopic (exact) mass is 294 g/mol. The van der Waals surface area contributed by atoms with Crippen LogP contribution >= 0.6 is 0 Å². The fraction of sp³-hybridized carbons (Fsp3) is 1.00. The Labute approximate surface area is 133 Å². The van der Waals surface area contributed by atoms with Gasteiger partial charge in [-0.25, -0.2) is 0 Å². The molecular weight excluding hydrogens is 256 g/mol. The lowest BCUT2D eigenvalue weighted by molar-refractivity contribution is 0.00387. The Bertz CT molecular complexity index is 292. The average Bonchev–Trinajstić information content (AvgIpc) is 2.56. The minimum atomic E-state index is 0.369. The summed E-state index contributed by atoms with van der Waals surface area (Å²) in [6, 6.07) is 1.58. The van der Waals surface area contributed by atoms with Crippen molar-refractivity contribution < 1.29 is 0 Å². The highest BCUT2D eigenvalue weighted by Crippen LogP contribution is 2.34. The summed E-state index contributed by atoms with van der Waals surface area (Å²) in [5.74, 6) is 0.960. The minimum Gasteiger partial charge on any atom is -0.308 e. The maximum atomic E-state index is 3.90. The molecule has 2 heteroatoms. The molecule has 1 aliphatic heterocycles. The Kier molecular flexibility index (Phi) is 6.55.